The Labute approximate surface area is 148 Å². The second-order valence-corrected chi connectivity index (χ2v) is 6.88. The summed E-state index contributed by atoms with van der Waals surface area (Å²) in [5.74, 6) is 0. The summed E-state index contributed by atoms with van der Waals surface area (Å²) in [4.78, 5) is 17.7. The molecular formula is C19H26N4O2. The molecule has 1 fully saturated rings. The molecule has 2 aromatic rings. The van der Waals surface area contributed by atoms with Crippen molar-refractivity contribution in [2.24, 2.45) is 0 Å². The van der Waals surface area contributed by atoms with E-state index in [1.54, 1.807) is 25.3 Å². The van der Waals surface area contributed by atoms with E-state index in [-0.39, 0.29) is 10.6 Å². The zero-order valence-electron chi connectivity index (χ0n) is 15.0. The molecule has 6 nitrogen and oxygen atoms in total. The maximum Gasteiger partial charge on any atom is 0.274 e. The minimum absolute atomic E-state index is 0.122. The fourth-order valence-corrected chi connectivity index (χ4v) is 3.70. The van der Waals surface area contributed by atoms with E-state index in [1.165, 1.54) is 25.8 Å². The number of nitrogens with zero attached hydrogens (tertiary/aromatic N) is 3. The van der Waals surface area contributed by atoms with Crippen LogP contribution in [0.4, 0.5) is 11.4 Å². The molecule has 0 radical (unpaired) electrons. The third kappa shape index (κ3) is 3.90. The van der Waals surface area contributed by atoms with Crippen LogP contribution in [0.5, 0.6) is 0 Å². The lowest BCUT2D eigenvalue weighted by Gasteiger charge is -2.33. The first kappa shape index (κ1) is 17.6. The standard InChI is InChI=1S/C19H26N4O2/c1-14-6-3-4-12-22(14)13-5-10-20-17-9-11-21-19-15(2)18(23(24)25)8-7-16(17)19/h7-9,11,14H,3-6,10,12-13H2,1-2H3,(H,20,21)/t14-/m0/s1. The van der Waals surface area contributed by atoms with Gasteiger partial charge in [0, 0.05) is 42.5 Å². The van der Waals surface area contributed by atoms with Crippen LogP contribution in [0.2, 0.25) is 0 Å². The Bertz CT molecular complexity index is 762. The number of hydrogen-bond acceptors (Lipinski definition) is 5. The molecule has 0 spiro atoms. The highest BCUT2D eigenvalue weighted by atomic mass is 16.6. The summed E-state index contributed by atoms with van der Waals surface area (Å²) >= 11 is 0. The van der Waals surface area contributed by atoms with Gasteiger partial charge < -0.3 is 10.2 Å². The second kappa shape index (κ2) is 7.78. The van der Waals surface area contributed by atoms with Gasteiger partial charge in [-0.2, -0.15) is 0 Å². The van der Waals surface area contributed by atoms with Crippen molar-refractivity contribution in [3.05, 3.63) is 40.1 Å². The van der Waals surface area contributed by atoms with Gasteiger partial charge >= 0.3 is 0 Å². The zero-order chi connectivity index (χ0) is 17.8. The van der Waals surface area contributed by atoms with Crippen LogP contribution in [-0.4, -0.2) is 40.5 Å². The number of fused-ring (bicyclic) bond motifs is 1. The highest BCUT2D eigenvalue weighted by Crippen LogP contribution is 2.29. The Morgan fingerprint density at radius 1 is 1.36 bits per heavy atom. The van der Waals surface area contributed by atoms with Crippen LogP contribution in [0.1, 0.15) is 38.2 Å². The quantitative estimate of drug-likeness (QED) is 0.485. The molecular weight excluding hydrogens is 316 g/mol. The van der Waals surface area contributed by atoms with Gasteiger partial charge in [-0.25, -0.2) is 0 Å². The Balaban J connectivity index is 1.65. The van der Waals surface area contributed by atoms with Crippen LogP contribution >= 0.6 is 0 Å². The first-order valence-corrected chi connectivity index (χ1v) is 9.08. The Morgan fingerprint density at radius 3 is 2.96 bits per heavy atom. The number of nitrogens with one attached hydrogen (secondary N) is 1. The number of piperidine rings is 1. The van der Waals surface area contributed by atoms with Crippen LogP contribution in [0, 0.1) is 17.0 Å². The van der Waals surface area contributed by atoms with Crippen molar-refractivity contribution in [1.29, 1.82) is 0 Å². The molecule has 1 N–H and O–H groups in total. The third-order valence-corrected chi connectivity index (χ3v) is 5.21. The van der Waals surface area contributed by atoms with Crippen molar-refractivity contribution in [2.75, 3.05) is 25.0 Å². The molecule has 1 aliphatic rings. The SMILES string of the molecule is Cc1c([N+](=O)[O-])ccc2c(NCCCN3CCCC[C@@H]3C)ccnc12. The molecule has 6 heteroatoms. The molecule has 0 bridgehead atoms. The van der Waals surface area contributed by atoms with E-state index >= 15 is 0 Å². The minimum Gasteiger partial charge on any atom is -0.384 e. The maximum atomic E-state index is 11.1. The van der Waals surface area contributed by atoms with Crippen LogP contribution in [-0.2, 0) is 0 Å². The maximum absolute atomic E-state index is 11.1. The molecule has 25 heavy (non-hydrogen) atoms. The summed E-state index contributed by atoms with van der Waals surface area (Å²) in [6, 6.07) is 6.00. The number of benzene rings is 1. The van der Waals surface area contributed by atoms with E-state index in [1.807, 2.05) is 6.07 Å². The normalized spacial score (nSPS) is 18.4. The molecule has 0 unspecified atom stereocenters. The molecule has 0 amide bonds. The molecule has 0 aliphatic carbocycles. The van der Waals surface area contributed by atoms with Crippen molar-refractivity contribution in [1.82, 2.24) is 9.88 Å². The summed E-state index contributed by atoms with van der Waals surface area (Å²) in [6.07, 6.45) is 6.77. The third-order valence-electron chi connectivity index (χ3n) is 5.21. The number of rotatable bonds is 6. The highest BCUT2D eigenvalue weighted by molar-refractivity contribution is 5.94. The Morgan fingerprint density at radius 2 is 2.20 bits per heavy atom. The molecule has 1 saturated heterocycles. The van der Waals surface area contributed by atoms with Crippen LogP contribution in [0.15, 0.2) is 24.4 Å². The molecule has 1 aliphatic heterocycles. The fraction of sp³-hybridized carbons (Fsp3) is 0.526. The molecule has 2 heterocycles. The number of aromatic nitrogens is 1. The average Bonchev–Trinajstić information content (AvgIpc) is 2.60. The van der Waals surface area contributed by atoms with E-state index in [0.717, 1.165) is 30.6 Å². The number of anilines is 1. The molecule has 1 aromatic heterocycles. The van der Waals surface area contributed by atoms with Crippen LogP contribution in [0.3, 0.4) is 0 Å². The van der Waals surface area contributed by atoms with Gasteiger partial charge in [-0.05, 0) is 51.8 Å². The van der Waals surface area contributed by atoms with E-state index in [2.05, 4.69) is 22.1 Å². The van der Waals surface area contributed by atoms with Crippen molar-refractivity contribution in [3.63, 3.8) is 0 Å². The van der Waals surface area contributed by atoms with Crippen LogP contribution < -0.4 is 5.32 Å². The summed E-state index contributed by atoms with van der Waals surface area (Å²) < 4.78 is 0. The van der Waals surface area contributed by atoms with Crippen molar-refractivity contribution < 1.29 is 4.92 Å². The lowest BCUT2D eigenvalue weighted by molar-refractivity contribution is -0.385. The van der Waals surface area contributed by atoms with E-state index in [4.69, 9.17) is 0 Å². The number of likely N-dealkylation sites (tertiary alicyclic amines) is 1. The summed E-state index contributed by atoms with van der Waals surface area (Å²) in [7, 11) is 0. The highest BCUT2D eigenvalue weighted by Gasteiger charge is 2.17. The van der Waals surface area contributed by atoms with Gasteiger partial charge in [-0.1, -0.05) is 6.42 Å². The number of pyridine rings is 1. The van der Waals surface area contributed by atoms with E-state index < -0.39 is 0 Å². The molecule has 3 rings (SSSR count). The van der Waals surface area contributed by atoms with Gasteiger partial charge in [0.15, 0.2) is 0 Å². The monoisotopic (exact) mass is 342 g/mol. The van der Waals surface area contributed by atoms with Crippen molar-refractivity contribution >= 4 is 22.3 Å². The molecule has 1 atom stereocenters. The molecule has 0 saturated carbocycles. The summed E-state index contributed by atoms with van der Waals surface area (Å²) in [5, 5.41) is 15.5. The predicted octanol–water partition coefficient (Wildman–Crippen LogP) is 4.13. The second-order valence-electron chi connectivity index (χ2n) is 6.88. The summed E-state index contributed by atoms with van der Waals surface area (Å²) in [6.45, 7) is 7.29. The van der Waals surface area contributed by atoms with Gasteiger partial charge in [0.25, 0.3) is 5.69 Å². The lowest BCUT2D eigenvalue weighted by Crippen LogP contribution is -2.38. The lowest BCUT2D eigenvalue weighted by atomic mass is 10.0. The first-order chi connectivity index (χ1) is 12.1. The molecule has 134 valence electrons. The fourth-order valence-electron chi connectivity index (χ4n) is 3.70. The topological polar surface area (TPSA) is 71.3 Å². The van der Waals surface area contributed by atoms with Gasteiger partial charge in [0.1, 0.15) is 0 Å². The van der Waals surface area contributed by atoms with E-state index in [9.17, 15) is 10.1 Å². The average molecular weight is 342 g/mol. The number of hydrogen-bond donors (Lipinski definition) is 1. The Hall–Kier alpha value is -2.21. The van der Waals surface area contributed by atoms with Gasteiger partial charge in [-0.3, -0.25) is 15.1 Å². The molecule has 1 aromatic carbocycles. The number of aryl methyl sites for hydroxylation is 1. The predicted molar refractivity (Wildman–Crippen MR) is 101 cm³/mol. The largest absolute Gasteiger partial charge is 0.384 e. The number of nitro groups is 1. The van der Waals surface area contributed by atoms with Crippen molar-refractivity contribution in [3.8, 4) is 0 Å². The van der Waals surface area contributed by atoms with Gasteiger partial charge in [0.05, 0.1) is 16.0 Å². The van der Waals surface area contributed by atoms with Crippen molar-refractivity contribution in [2.45, 2.75) is 45.6 Å². The Kier molecular flexibility index (Phi) is 5.48. The smallest absolute Gasteiger partial charge is 0.274 e. The number of nitro benzene ring substituents is 1. The van der Waals surface area contributed by atoms with Gasteiger partial charge in [-0.15, -0.1) is 0 Å². The van der Waals surface area contributed by atoms with E-state index in [0.29, 0.717) is 17.1 Å². The minimum atomic E-state index is -0.351. The van der Waals surface area contributed by atoms with Gasteiger partial charge in [0.2, 0.25) is 0 Å². The van der Waals surface area contributed by atoms with Crippen LogP contribution in [0.25, 0.3) is 10.9 Å². The summed E-state index contributed by atoms with van der Waals surface area (Å²) in [5.41, 5.74) is 2.43. The first-order valence-electron chi connectivity index (χ1n) is 9.08. The zero-order valence-corrected chi connectivity index (χ0v) is 15.0.